The second kappa shape index (κ2) is 7.66. The van der Waals surface area contributed by atoms with Gasteiger partial charge in [-0.15, -0.1) is 13.2 Å². The van der Waals surface area contributed by atoms with E-state index >= 15 is 0 Å². The fraction of sp³-hybridized carbons (Fsp3) is 0.105. The molecule has 2 aromatic carbocycles. The molecule has 0 fully saturated rings. The van der Waals surface area contributed by atoms with Gasteiger partial charge in [0.05, 0.1) is 0 Å². The fourth-order valence-electron chi connectivity index (χ4n) is 2.34. The van der Waals surface area contributed by atoms with Crippen LogP contribution in [0.15, 0.2) is 66.7 Å². The molecule has 0 aliphatic carbocycles. The van der Waals surface area contributed by atoms with Gasteiger partial charge >= 0.3 is 6.36 Å². The number of para-hydroxylation sites is 1. The molecule has 3 aromatic rings. The minimum absolute atomic E-state index is 0.133. The van der Waals surface area contributed by atoms with Crippen LogP contribution in [0, 0.1) is 0 Å². The van der Waals surface area contributed by atoms with Gasteiger partial charge in [-0.05, 0) is 29.8 Å². The van der Waals surface area contributed by atoms with Crippen LogP contribution in [0.25, 0.3) is 11.3 Å². The van der Waals surface area contributed by atoms with Gasteiger partial charge in [-0.2, -0.15) is 0 Å². The molecule has 1 heterocycles. The van der Waals surface area contributed by atoms with Crippen LogP contribution in [0.5, 0.6) is 11.5 Å². The topological polar surface area (TPSA) is 31.4 Å². The van der Waals surface area contributed by atoms with E-state index in [0.717, 1.165) is 5.56 Å². The van der Waals surface area contributed by atoms with Crippen LogP contribution < -0.4 is 9.47 Å². The molecular weight excluding hydrogens is 367 g/mol. The lowest BCUT2D eigenvalue weighted by Gasteiger charge is -2.15. The largest absolute Gasteiger partial charge is 0.573 e. The first-order valence-corrected chi connectivity index (χ1v) is 7.98. The molecule has 7 heteroatoms. The molecule has 0 N–H and O–H groups in total. The van der Waals surface area contributed by atoms with Crippen LogP contribution in [0.4, 0.5) is 13.2 Å². The fourth-order valence-corrected chi connectivity index (χ4v) is 2.49. The maximum Gasteiger partial charge on any atom is 0.573 e. The summed E-state index contributed by atoms with van der Waals surface area (Å²) in [5, 5.41) is 0.133. The Bertz CT molecular complexity index is 885. The number of alkyl halides is 3. The highest BCUT2D eigenvalue weighted by molar-refractivity contribution is 6.29. The van der Waals surface area contributed by atoms with E-state index in [1.165, 1.54) is 24.3 Å². The number of rotatable bonds is 5. The Hall–Kier alpha value is -2.73. The van der Waals surface area contributed by atoms with E-state index in [1.807, 2.05) is 30.3 Å². The van der Waals surface area contributed by atoms with Gasteiger partial charge in [0.15, 0.2) is 0 Å². The van der Waals surface area contributed by atoms with E-state index in [0.29, 0.717) is 5.75 Å². The smallest absolute Gasteiger partial charge is 0.487 e. The Morgan fingerprint density at radius 2 is 1.54 bits per heavy atom. The molecule has 0 aliphatic rings. The van der Waals surface area contributed by atoms with Crippen LogP contribution in [-0.2, 0) is 6.61 Å². The molecule has 0 spiro atoms. The summed E-state index contributed by atoms with van der Waals surface area (Å²) < 4.78 is 47.9. The van der Waals surface area contributed by atoms with Crippen molar-refractivity contribution in [3.8, 4) is 22.8 Å². The van der Waals surface area contributed by atoms with Gasteiger partial charge < -0.3 is 9.47 Å². The highest BCUT2D eigenvalue weighted by Crippen LogP contribution is 2.38. The molecule has 0 radical (unpaired) electrons. The summed E-state index contributed by atoms with van der Waals surface area (Å²) in [5.41, 5.74) is 1.22. The number of nitrogens with zero attached hydrogens (tertiary/aromatic N) is 1. The number of aromatic nitrogens is 1. The third-order valence-corrected chi connectivity index (χ3v) is 3.64. The Morgan fingerprint density at radius 1 is 0.846 bits per heavy atom. The van der Waals surface area contributed by atoms with Crippen LogP contribution in [0.2, 0.25) is 5.15 Å². The highest BCUT2D eigenvalue weighted by atomic mass is 35.5. The second-order valence-electron chi connectivity index (χ2n) is 5.30. The van der Waals surface area contributed by atoms with Crippen molar-refractivity contribution in [2.24, 2.45) is 0 Å². The van der Waals surface area contributed by atoms with Crippen molar-refractivity contribution in [3.05, 3.63) is 77.4 Å². The number of halogens is 4. The summed E-state index contributed by atoms with van der Waals surface area (Å²) in [4.78, 5) is 4.14. The molecule has 0 atom stereocenters. The normalized spacial score (nSPS) is 11.2. The number of benzene rings is 2. The summed E-state index contributed by atoms with van der Waals surface area (Å²) in [7, 11) is 0. The lowest BCUT2D eigenvalue weighted by molar-refractivity contribution is -0.274. The monoisotopic (exact) mass is 379 g/mol. The van der Waals surface area contributed by atoms with E-state index in [4.69, 9.17) is 16.3 Å². The zero-order valence-corrected chi connectivity index (χ0v) is 14.1. The first-order valence-electron chi connectivity index (χ1n) is 7.61. The number of hydrogen-bond acceptors (Lipinski definition) is 3. The predicted octanol–water partition coefficient (Wildman–Crippen LogP) is 5.88. The Kier molecular flexibility index (Phi) is 5.32. The molecule has 0 saturated heterocycles. The average molecular weight is 380 g/mol. The van der Waals surface area contributed by atoms with Gasteiger partial charge in [-0.3, -0.25) is 0 Å². The van der Waals surface area contributed by atoms with Crippen molar-refractivity contribution in [1.82, 2.24) is 4.98 Å². The molecular formula is C19H13ClF3NO2. The molecule has 0 saturated carbocycles. The number of ether oxygens (including phenoxy) is 2. The molecule has 26 heavy (non-hydrogen) atoms. The maximum atomic E-state index is 12.7. The van der Waals surface area contributed by atoms with Crippen LogP contribution in [0.1, 0.15) is 5.56 Å². The zero-order chi connectivity index (χ0) is 18.6. The van der Waals surface area contributed by atoms with Crippen molar-refractivity contribution >= 4 is 11.6 Å². The SMILES string of the molecule is FC(F)(F)Oc1ccccc1-c1nc(Cl)ccc1OCc1ccccc1. The Morgan fingerprint density at radius 3 is 2.27 bits per heavy atom. The Labute approximate surface area is 153 Å². The van der Waals surface area contributed by atoms with Gasteiger partial charge in [0, 0.05) is 5.56 Å². The van der Waals surface area contributed by atoms with Crippen LogP contribution >= 0.6 is 11.6 Å². The van der Waals surface area contributed by atoms with Crippen molar-refractivity contribution in [2.45, 2.75) is 13.0 Å². The van der Waals surface area contributed by atoms with Crippen molar-refractivity contribution in [3.63, 3.8) is 0 Å². The summed E-state index contributed by atoms with van der Waals surface area (Å²) in [6, 6.07) is 18.2. The van der Waals surface area contributed by atoms with E-state index in [-0.39, 0.29) is 28.8 Å². The molecule has 1 aromatic heterocycles. The Balaban J connectivity index is 1.96. The summed E-state index contributed by atoms with van der Waals surface area (Å²) in [6.07, 6.45) is -4.82. The molecule has 0 bridgehead atoms. The summed E-state index contributed by atoms with van der Waals surface area (Å²) in [5.74, 6) is -0.0733. The third-order valence-electron chi connectivity index (χ3n) is 3.43. The van der Waals surface area contributed by atoms with Gasteiger partial charge in [0.1, 0.15) is 29.0 Å². The van der Waals surface area contributed by atoms with Crippen molar-refractivity contribution in [2.75, 3.05) is 0 Å². The molecule has 3 rings (SSSR count). The first-order chi connectivity index (χ1) is 12.4. The lowest BCUT2D eigenvalue weighted by Crippen LogP contribution is -2.17. The van der Waals surface area contributed by atoms with Gasteiger partial charge in [0.25, 0.3) is 0 Å². The minimum Gasteiger partial charge on any atom is -0.487 e. The number of hydrogen-bond donors (Lipinski definition) is 0. The van der Waals surface area contributed by atoms with Gasteiger partial charge in [-0.25, -0.2) is 4.98 Å². The van der Waals surface area contributed by atoms with E-state index in [2.05, 4.69) is 9.72 Å². The van der Waals surface area contributed by atoms with E-state index in [1.54, 1.807) is 12.1 Å². The van der Waals surface area contributed by atoms with E-state index in [9.17, 15) is 13.2 Å². The molecule has 3 nitrogen and oxygen atoms in total. The standard InChI is InChI=1S/C19H13ClF3NO2/c20-17-11-10-16(25-12-13-6-2-1-3-7-13)18(24-17)14-8-4-5-9-15(14)26-19(21,22)23/h1-11H,12H2. The summed E-state index contributed by atoms with van der Waals surface area (Å²) >= 11 is 5.94. The lowest BCUT2D eigenvalue weighted by atomic mass is 10.1. The molecule has 134 valence electrons. The van der Waals surface area contributed by atoms with Gasteiger partial charge in [-0.1, -0.05) is 54.1 Å². The zero-order valence-electron chi connectivity index (χ0n) is 13.3. The third kappa shape index (κ3) is 4.67. The number of pyridine rings is 1. The van der Waals surface area contributed by atoms with E-state index < -0.39 is 6.36 Å². The van der Waals surface area contributed by atoms with Crippen molar-refractivity contribution in [1.29, 1.82) is 0 Å². The minimum atomic E-state index is -4.82. The molecule has 0 aliphatic heterocycles. The summed E-state index contributed by atoms with van der Waals surface area (Å²) in [6.45, 7) is 0.236. The first kappa shape index (κ1) is 18.1. The van der Waals surface area contributed by atoms with Gasteiger partial charge in [0.2, 0.25) is 0 Å². The molecule has 0 unspecified atom stereocenters. The van der Waals surface area contributed by atoms with Crippen LogP contribution in [-0.4, -0.2) is 11.3 Å². The quantitative estimate of drug-likeness (QED) is 0.519. The second-order valence-corrected chi connectivity index (χ2v) is 5.69. The van der Waals surface area contributed by atoms with Crippen LogP contribution in [0.3, 0.4) is 0 Å². The predicted molar refractivity (Wildman–Crippen MR) is 92.1 cm³/mol. The van der Waals surface area contributed by atoms with Crippen molar-refractivity contribution < 1.29 is 22.6 Å². The molecule has 0 amide bonds. The maximum absolute atomic E-state index is 12.7. The average Bonchev–Trinajstić information content (AvgIpc) is 2.61. The highest BCUT2D eigenvalue weighted by Gasteiger charge is 2.32.